The van der Waals surface area contributed by atoms with Crippen LogP contribution in [0.2, 0.25) is 0 Å². The molecular weight excluding hydrogens is 189 g/mol. The number of pyridine rings is 1. The third kappa shape index (κ3) is 1.51. The van der Waals surface area contributed by atoms with Gasteiger partial charge in [0.15, 0.2) is 0 Å². The molecular formula is C7H8AsNO. The van der Waals surface area contributed by atoms with Crippen molar-refractivity contribution in [3.05, 3.63) is 24.0 Å². The molecule has 0 amide bonds. The summed E-state index contributed by atoms with van der Waals surface area (Å²) in [4.78, 5) is 3.97. The van der Waals surface area contributed by atoms with E-state index in [1.165, 1.54) is 0 Å². The van der Waals surface area contributed by atoms with Gasteiger partial charge in [0, 0.05) is 0 Å². The molecule has 2 nitrogen and oxygen atoms in total. The third-order valence-corrected chi connectivity index (χ3v) is 1.96. The average molecular weight is 197 g/mol. The predicted octanol–water partition coefficient (Wildman–Crippen LogP) is 0.759. The number of hydrogen-bond acceptors (Lipinski definition) is 2. The minimum atomic E-state index is 0.907. The minimum absolute atomic E-state index is 0.907. The van der Waals surface area contributed by atoms with Gasteiger partial charge in [-0.3, -0.25) is 0 Å². The Labute approximate surface area is 69.1 Å². The van der Waals surface area contributed by atoms with Gasteiger partial charge in [0.1, 0.15) is 0 Å². The van der Waals surface area contributed by atoms with Crippen LogP contribution in [0.15, 0.2) is 18.5 Å². The second-order valence-corrected chi connectivity index (χ2v) is 2.51. The number of methoxy groups -OCH3 is 1. The first-order valence-corrected chi connectivity index (χ1v) is 4.29. The van der Waals surface area contributed by atoms with Gasteiger partial charge in [0.25, 0.3) is 0 Å². The molecule has 0 spiro atoms. The van der Waals surface area contributed by atoms with Crippen molar-refractivity contribution in [3.8, 4) is 5.75 Å². The van der Waals surface area contributed by atoms with E-state index in [0.29, 0.717) is 0 Å². The van der Waals surface area contributed by atoms with Crippen molar-refractivity contribution in [2.75, 3.05) is 7.11 Å². The first-order valence-electron chi connectivity index (χ1n) is 2.96. The molecule has 0 bridgehead atoms. The van der Waals surface area contributed by atoms with Gasteiger partial charge in [-0.2, -0.15) is 0 Å². The molecule has 0 unspecified atom stereocenters. The van der Waals surface area contributed by atoms with Crippen LogP contribution in [0.25, 0.3) is 0 Å². The van der Waals surface area contributed by atoms with E-state index < -0.39 is 0 Å². The number of nitrogens with zero attached hydrogens (tertiary/aromatic N) is 1. The van der Waals surface area contributed by atoms with Crippen LogP contribution in [0, 0.1) is 0 Å². The molecule has 0 saturated carbocycles. The fourth-order valence-corrected chi connectivity index (χ4v) is 1.23. The molecule has 1 rings (SSSR count). The van der Waals surface area contributed by atoms with Crippen LogP contribution in [-0.2, 0) is 5.21 Å². The molecule has 2 radical (unpaired) electrons. The van der Waals surface area contributed by atoms with E-state index in [9.17, 15) is 0 Å². The fourth-order valence-electron chi connectivity index (χ4n) is 0.732. The van der Waals surface area contributed by atoms with Crippen molar-refractivity contribution < 1.29 is 4.74 Å². The van der Waals surface area contributed by atoms with Crippen molar-refractivity contribution in [2.24, 2.45) is 0 Å². The fraction of sp³-hybridized carbons (Fsp3) is 0.286. The summed E-state index contributed by atoms with van der Waals surface area (Å²) in [5.74, 6) is 0.913. The van der Waals surface area contributed by atoms with Crippen LogP contribution in [0.5, 0.6) is 5.75 Å². The zero-order valence-corrected chi connectivity index (χ0v) is 7.62. The summed E-state index contributed by atoms with van der Waals surface area (Å²) in [7, 11) is 1.67. The van der Waals surface area contributed by atoms with Crippen molar-refractivity contribution in [1.29, 1.82) is 0 Å². The Balaban J connectivity index is 2.96. The average Bonchev–Trinajstić information content (AvgIpc) is 2.04. The van der Waals surface area contributed by atoms with E-state index in [1.54, 1.807) is 13.3 Å². The zero-order chi connectivity index (χ0) is 7.40. The van der Waals surface area contributed by atoms with Gasteiger partial charge >= 0.3 is 68.7 Å². The predicted molar refractivity (Wildman–Crippen MR) is 40.2 cm³/mol. The first kappa shape index (κ1) is 7.61. The van der Waals surface area contributed by atoms with Crippen LogP contribution >= 0.6 is 0 Å². The first-order chi connectivity index (χ1) is 4.88. The molecule has 0 fully saturated rings. The molecule has 0 N–H and O–H groups in total. The maximum absolute atomic E-state index is 5.09. The van der Waals surface area contributed by atoms with Gasteiger partial charge in [0.2, 0.25) is 0 Å². The van der Waals surface area contributed by atoms with E-state index >= 15 is 0 Å². The Kier molecular flexibility index (Phi) is 2.76. The topological polar surface area (TPSA) is 22.1 Å². The van der Waals surface area contributed by atoms with Crippen LogP contribution in [0.3, 0.4) is 0 Å². The summed E-state index contributed by atoms with van der Waals surface area (Å²) in [6, 6.07) is 1.86. The van der Waals surface area contributed by atoms with E-state index in [4.69, 9.17) is 4.74 Å². The number of hydrogen-bond donors (Lipinski definition) is 0. The summed E-state index contributed by atoms with van der Waals surface area (Å²) >= 11 is 2.50. The number of rotatable bonds is 2. The van der Waals surface area contributed by atoms with Crippen LogP contribution in [0.4, 0.5) is 0 Å². The Morgan fingerprint density at radius 1 is 1.70 bits per heavy atom. The standard InChI is InChI=1S/C7H8AsNO/c1-10-7-2-3-9-5-6(7)4-8/h2-3,5H,4H2,1H3. The van der Waals surface area contributed by atoms with Crippen molar-refractivity contribution >= 4 is 16.9 Å². The van der Waals surface area contributed by atoms with Crippen LogP contribution in [-0.4, -0.2) is 28.9 Å². The molecule has 10 heavy (non-hydrogen) atoms. The number of aromatic nitrogens is 1. The van der Waals surface area contributed by atoms with E-state index in [0.717, 1.165) is 16.5 Å². The quantitative estimate of drug-likeness (QED) is 0.653. The second kappa shape index (κ2) is 3.62. The molecule has 1 heterocycles. The second-order valence-electron chi connectivity index (χ2n) is 1.85. The van der Waals surface area contributed by atoms with Crippen molar-refractivity contribution in [3.63, 3.8) is 0 Å². The normalized spacial score (nSPS) is 9.40. The van der Waals surface area contributed by atoms with Gasteiger partial charge in [-0.15, -0.1) is 0 Å². The molecule has 1 aromatic rings. The Hall–Kier alpha value is -0.492. The molecule has 0 aromatic carbocycles. The SMILES string of the molecule is COc1ccncc1C[As]. The summed E-state index contributed by atoms with van der Waals surface area (Å²) < 4.78 is 5.09. The molecule has 52 valence electrons. The summed E-state index contributed by atoms with van der Waals surface area (Å²) in [6.07, 6.45) is 3.54. The molecule has 1 aromatic heterocycles. The molecule has 0 aliphatic carbocycles. The van der Waals surface area contributed by atoms with Gasteiger partial charge in [0.05, 0.1) is 0 Å². The Morgan fingerprint density at radius 2 is 2.50 bits per heavy atom. The maximum atomic E-state index is 5.09. The van der Waals surface area contributed by atoms with Gasteiger partial charge in [-0.05, 0) is 0 Å². The third-order valence-electron chi connectivity index (χ3n) is 1.25. The van der Waals surface area contributed by atoms with Crippen molar-refractivity contribution in [2.45, 2.75) is 5.21 Å². The Morgan fingerprint density at radius 3 is 3.00 bits per heavy atom. The molecule has 0 aliphatic heterocycles. The van der Waals surface area contributed by atoms with Crippen LogP contribution < -0.4 is 4.74 Å². The van der Waals surface area contributed by atoms with E-state index in [-0.39, 0.29) is 0 Å². The summed E-state index contributed by atoms with van der Waals surface area (Å²) in [5, 5.41) is 0.907. The van der Waals surface area contributed by atoms with Gasteiger partial charge < -0.3 is 0 Å². The summed E-state index contributed by atoms with van der Waals surface area (Å²) in [5.41, 5.74) is 1.13. The molecule has 0 saturated heterocycles. The van der Waals surface area contributed by atoms with Crippen molar-refractivity contribution in [1.82, 2.24) is 4.98 Å². The number of ether oxygens (including phenoxy) is 1. The van der Waals surface area contributed by atoms with Gasteiger partial charge in [-0.25, -0.2) is 0 Å². The molecule has 0 aliphatic rings. The van der Waals surface area contributed by atoms with Gasteiger partial charge in [-0.1, -0.05) is 0 Å². The molecule has 3 heteroatoms. The zero-order valence-electron chi connectivity index (χ0n) is 5.74. The molecule has 0 atom stereocenters. The Bertz CT molecular complexity index is 192. The monoisotopic (exact) mass is 197 g/mol. The van der Waals surface area contributed by atoms with E-state index in [2.05, 4.69) is 21.8 Å². The van der Waals surface area contributed by atoms with Crippen LogP contribution in [0.1, 0.15) is 5.56 Å². The summed E-state index contributed by atoms with van der Waals surface area (Å²) in [6.45, 7) is 0. The van der Waals surface area contributed by atoms with E-state index in [1.807, 2.05) is 12.3 Å².